The summed E-state index contributed by atoms with van der Waals surface area (Å²) in [5, 5.41) is 1.11. The van der Waals surface area contributed by atoms with Crippen molar-refractivity contribution >= 4 is 11.3 Å². The van der Waals surface area contributed by atoms with Gasteiger partial charge in [-0.2, -0.15) is 0 Å². The van der Waals surface area contributed by atoms with Crippen LogP contribution in [0.25, 0.3) is 0 Å². The van der Waals surface area contributed by atoms with Crippen molar-refractivity contribution in [3.05, 3.63) is 15.6 Å². The van der Waals surface area contributed by atoms with Gasteiger partial charge in [0, 0.05) is 11.4 Å². The first-order valence-electron chi connectivity index (χ1n) is 5.01. The lowest BCUT2D eigenvalue weighted by Crippen LogP contribution is -2.11. The van der Waals surface area contributed by atoms with Crippen molar-refractivity contribution in [3.63, 3.8) is 0 Å². The number of nitrogens with zero attached hydrogens (tertiary/aromatic N) is 1. The molecule has 0 radical (unpaired) electrons. The van der Waals surface area contributed by atoms with Crippen LogP contribution >= 0.6 is 11.3 Å². The van der Waals surface area contributed by atoms with Gasteiger partial charge >= 0.3 is 0 Å². The highest BCUT2D eigenvalue weighted by Gasteiger charge is 2.20. The molecule has 0 saturated carbocycles. The Morgan fingerprint density at radius 3 is 3.15 bits per heavy atom. The minimum Gasteiger partial charge on any atom is -0.325 e. The molecule has 0 bridgehead atoms. The third kappa shape index (κ3) is 1.76. The monoisotopic (exact) mass is 196 g/mol. The molecule has 2 N–H and O–H groups in total. The zero-order valence-electron chi connectivity index (χ0n) is 8.05. The van der Waals surface area contributed by atoms with Crippen molar-refractivity contribution in [2.45, 2.75) is 39.2 Å². The molecule has 1 atom stereocenters. The first-order chi connectivity index (χ1) is 6.33. The van der Waals surface area contributed by atoms with Gasteiger partial charge in [0.15, 0.2) is 0 Å². The van der Waals surface area contributed by atoms with Crippen molar-refractivity contribution in [3.8, 4) is 0 Å². The Hall–Kier alpha value is -0.410. The van der Waals surface area contributed by atoms with Crippen LogP contribution in [-0.2, 0) is 19.4 Å². The Kier molecular flexibility index (Phi) is 2.65. The summed E-state index contributed by atoms with van der Waals surface area (Å²) in [4.78, 5) is 6.03. The summed E-state index contributed by atoms with van der Waals surface area (Å²) < 4.78 is 0. The zero-order chi connectivity index (χ0) is 9.26. The molecule has 0 amide bonds. The van der Waals surface area contributed by atoms with Crippen LogP contribution in [0.1, 0.15) is 35.3 Å². The number of nitrogens with two attached hydrogens (primary N) is 1. The average Bonchev–Trinajstić information content (AvgIpc) is 2.58. The Morgan fingerprint density at radius 1 is 1.62 bits per heavy atom. The SMILES string of the molecule is CCC1CCc2nc(CN)sc2C1. The fourth-order valence-corrected chi connectivity index (χ4v) is 3.04. The van der Waals surface area contributed by atoms with Crippen molar-refractivity contribution in [2.24, 2.45) is 11.7 Å². The van der Waals surface area contributed by atoms with Crippen molar-refractivity contribution in [1.29, 1.82) is 0 Å². The molecule has 1 aliphatic rings. The molecule has 2 nitrogen and oxygen atoms in total. The lowest BCUT2D eigenvalue weighted by Gasteiger charge is -2.18. The van der Waals surface area contributed by atoms with Crippen LogP contribution in [0.3, 0.4) is 0 Å². The number of rotatable bonds is 2. The van der Waals surface area contributed by atoms with E-state index in [0.29, 0.717) is 6.54 Å². The van der Waals surface area contributed by atoms with Gasteiger partial charge in [0.1, 0.15) is 5.01 Å². The number of fused-ring (bicyclic) bond motifs is 1. The van der Waals surface area contributed by atoms with Crippen LogP contribution in [0, 0.1) is 5.92 Å². The van der Waals surface area contributed by atoms with E-state index < -0.39 is 0 Å². The molecule has 72 valence electrons. The van der Waals surface area contributed by atoms with Gasteiger partial charge in [-0.3, -0.25) is 0 Å². The molecule has 0 fully saturated rings. The van der Waals surface area contributed by atoms with Crippen molar-refractivity contribution in [2.75, 3.05) is 0 Å². The van der Waals surface area contributed by atoms with Gasteiger partial charge in [0.05, 0.1) is 5.69 Å². The van der Waals surface area contributed by atoms with Crippen LogP contribution in [0.5, 0.6) is 0 Å². The third-order valence-electron chi connectivity index (χ3n) is 2.84. The van der Waals surface area contributed by atoms with E-state index in [1.54, 1.807) is 0 Å². The van der Waals surface area contributed by atoms with E-state index >= 15 is 0 Å². The number of aromatic nitrogens is 1. The summed E-state index contributed by atoms with van der Waals surface area (Å²) in [5.41, 5.74) is 6.91. The predicted octanol–water partition coefficient (Wildman–Crippen LogP) is 2.12. The molecule has 1 aromatic rings. The second-order valence-corrected chi connectivity index (χ2v) is 4.87. The fraction of sp³-hybridized carbons (Fsp3) is 0.700. The Labute approximate surface area is 83.2 Å². The number of aryl methyl sites for hydroxylation is 1. The smallest absolute Gasteiger partial charge is 0.107 e. The van der Waals surface area contributed by atoms with Gasteiger partial charge in [-0.15, -0.1) is 11.3 Å². The van der Waals surface area contributed by atoms with Gasteiger partial charge < -0.3 is 5.73 Å². The maximum atomic E-state index is 5.58. The first kappa shape index (κ1) is 9.16. The molecule has 0 aliphatic heterocycles. The van der Waals surface area contributed by atoms with Gasteiger partial charge in [0.25, 0.3) is 0 Å². The second-order valence-electron chi connectivity index (χ2n) is 3.70. The lowest BCUT2D eigenvalue weighted by molar-refractivity contribution is 0.446. The Morgan fingerprint density at radius 2 is 2.46 bits per heavy atom. The lowest BCUT2D eigenvalue weighted by atomic mass is 9.89. The molecule has 2 rings (SSSR count). The molecule has 13 heavy (non-hydrogen) atoms. The highest BCUT2D eigenvalue weighted by atomic mass is 32.1. The highest BCUT2D eigenvalue weighted by Crippen LogP contribution is 2.31. The molecule has 1 aromatic heterocycles. The van der Waals surface area contributed by atoms with E-state index in [0.717, 1.165) is 10.9 Å². The maximum Gasteiger partial charge on any atom is 0.107 e. The standard InChI is InChI=1S/C10H16N2S/c1-2-7-3-4-8-9(5-7)13-10(6-11)12-8/h7H,2-6,11H2,1H3. The first-order valence-corrected chi connectivity index (χ1v) is 5.82. The van der Waals surface area contributed by atoms with E-state index in [4.69, 9.17) is 5.73 Å². The Balaban J connectivity index is 2.19. The molecular formula is C10H16N2S. The Bertz CT molecular complexity index is 293. The molecule has 1 aliphatic carbocycles. The quantitative estimate of drug-likeness (QED) is 0.787. The number of hydrogen-bond donors (Lipinski definition) is 1. The van der Waals surface area contributed by atoms with Crippen LogP contribution in [-0.4, -0.2) is 4.98 Å². The maximum absolute atomic E-state index is 5.58. The van der Waals surface area contributed by atoms with Crippen LogP contribution in [0.4, 0.5) is 0 Å². The molecule has 0 spiro atoms. The summed E-state index contributed by atoms with van der Waals surface area (Å²) in [5.74, 6) is 0.888. The molecule has 0 saturated heterocycles. The molecule has 0 aromatic carbocycles. The van der Waals surface area contributed by atoms with Gasteiger partial charge in [0.2, 0.25) is 0 Å². The minimum atomic E-state index is 0.606. The third-order valence-corrected chi connectivity index (χ3v) is 3.98. The topological polar surface area (TPSA) is 38.9 Å². The normalized spacial score (nSPS) is 21.5. The molecule has 1 heterocycles. The summed E-state index contributed by atoms with van der Waals surface area (Å²) in [6.45, 7) is 2.88. The van der Waals surface area contributed by atoms with E-state index in [1.807, 2.05) is 11.3 Å². The summed E-state index contributed by atoms with van der Waals surface area (Å²) in [7, 11) is 0. The predicted molar refractivity (Wildman–Crippen MR) is 55.8 cm³/mol. The van der Waals surface area contributed by atoms with Crippen molar-refractivity contribution in [1.82, 2.24) is 4.98 Å². The summed E-state index contributed by atoms with van der Waals surface area (Å²) in [6, 6.07) is 0. The van der Waals surface area contributed by atoms with Gasteiger partial charge in [-0.25, -0.2) is 4.98 Å². The van der Waals surface area contributed by atoms with E-state index in [-0.39, 0.29) is 0 Å². The minimum absolute atomic E-state index is 0.606. The highest BCUT2D eigenvalue weighted by molar-refractivity contribution is 7.11. The second kappa shape index (κ2) is 3.76. The van der Waals surface area contributed by atoms with Gasteiger partial charge in [-0.1, -0.05) is 13.3 Å². The molecule has 1 unspecified atom stereocenters. The molecule has 3 heteroatoms. The van der Waals surface area contributed by atoms with E-state index in [9.17, 15) is 0 Å². The zero-order valence-corrected chi connectivity index (χ0v) is 8.86. The van der Waals surface area contributed by atoms with Crippen LogP contribution in [0.15, 0.2) is 0 Å². The number of hydrogen-bond acceptors (Lipinski definition) is 3. The van der Waals surface area contributed by atoms with Gasteiger partial charge in [-0.05, 0) is 25.2 Å². The van der Waals surface area contributed by atoms with Crippen LogP contribution < -0.4 is 5.73 Å². The fourth-order valence-electron chi connectivity index (χ4n) is 1.93. The largest absolute Gasteiger partial charge is 0.325 e. The van der Waals surface area contributed by atoms with Crippen LogP contribution in [0.2, 0.25) is 0 Å². The molecular weight excluding hydrogens is 180 g/mol. The number of thiazole rings is 1. The van der Waals surface area contributed by atoms with E-state index in [1.165, 1.54) is 36.3 Å². The average molecular weight is 196 g/mol. The van der Waals surface area contributed by atoms with E-state index in [2.05, 4.69) is 11.9 Å². The summed E-state index contributed by atoms with van der Waals surface area (Å²) in [6.07, 6.45) is 5.03. The van der Waals surface area contributed by atoms with Crippen molar-refractivity contribution < 1.29 is 0 Å². The summed E-state index contributed by atoms with van der Waals surface area (Å²) >= 11 is 1.82.